The van der Waals surface area contributed by atoms with Gasteiger partial charge in [-0.2, -0.15) is 0 Å². The molecule has 0 radical (unpaired) electrons. The minimum atomic E-state index is -0.467. The van der Waals surface area contributed by atoms with Gasteiger partial charge in [-0.15, -0.1) is 0 Å². The number of hydrogen-bond donors (Lipinski definition) is 1. The van der Waals surface area contributed by atoms with Gasteiger partial charge in [0.15, 0.2) is 0 Å². The van der Waals surface area contributed by atoms with Crippen molar-refractivity contribution in [3.05, 3.63) is 11.1 Å². The number of halogens is 1. The summed E-state index contributed by atoms with van der Waals surface area (Å²) in [5, 5.41) is 9.60. The second-order valence-electron chi connectivity index (χ2n) is 5.70. The zero-order valence-corrected chi connectivity index (χ0v) is 10.5. The van der Waals surface area contributed by atoms with Gasteiger partial charge in [-0.1, -0.05) is 0 Å². The Balaban J connectivity index is 1.76. The Morgan fingerprint density at radius 1 is 1.47 bits per heavy atom. The van der Waals surface area contributed by atoms with Crippen LogP contribution in [0.5, 0.6) is 0 Å². The van der Waals surface area contributed by atoms with Crippen molar-refractivity contribution in [3.8, 4) is 0 Å². The Labute approximate surface area is 98.4 Å². The van der Waals surface area contributed by atoms with Crippen molar-refractivity contribution in [1.82, 2.24) is 0 Å². The summed E-state index contributed by atoms with van der Waals surface area (Å²) >= 11 is 0.375. The van der Waals surface area contributed by atoms with Crippen LogP contribution in [0.25, 0.3) is 0 Å². The summed E-state index contributed by atoms with van der Waals surface area (Å²) in [4.78, 5) is 11.6. The van der Waals surface area contributed by atoms with Crippen molar-refractivity contribution in [3.63, 3.8) is 0 Å². The summed E-state index contributed by atoms with van der Waals surface area (Å²) in [5.74, 6) is -0.467. The first-order valence-corrected chi connectivity index (χ1v) is 8.55. The number of allylic oxidation sites excluding steroid dienone is 1. The molecule has 1 saturated heterocycles. The fraction of sp³-hybridized carbons (Fsp3) is 0.750. The monoisotopic (exact) mass is 315 g/mol. The maximum absolute atomic E-state index is 11.6. The van der Waals surface area contributed by atoms with Crippen LogP contribution in [-0.2, 0) is 4.79 Å². The summed E-state index contributed by atoms with van der Waals surface area (Å²) < 4.78 is 2.20. The van der Waals surface area contributed by atoms with Gasteiger partial charge in [0.05, 0.1) is 0 Å². The van der Waals surface area contributed by atoms with Crippen molar-refractivity contribution in [2.45, 2.75) is 29.6 Å². The quantitative estimate of drug-likeness (QED) is 0.360. The Hall–Kier alpha value is -0.0600. The number of hydrogen-bond acceptors (Lipinski definition) is 1. The van der Waals surface area contributed by atoms with Crippen LogP contribution >= 0.6 is 0 Å². The zero-order valence-electron chi connectivity index (χ0n) is 8.35. The summed E-state index contributed by atoms with van der Waals surface area (Å²) in [5.41, 5.74) is 3.29. The second-order valence-corrected chi connectivity index (χ2v) is 8.85. The molecule has 4 aliphatic carbocycles. The minimum absolute atomic E-state index is 0.250. The van der Waals surface area contributed by atoms with E-state index in [9.17, 15) is 9.90 Å². The Morgan fingerprint density at radius 3 is 2.73 bits per heavy atom. The van der Waals surface area contributed by atoms with E-state index in [1.807, 2.05) is 0 Å². The first kappa shape index (κ1) is 8.09. The third kappa shape index (κ3) is 0.457. The van der Waals surface area contributed by atoms with Gasteiger partial charge in [0.25, 0.3) is 0 Å². The van der Waals surface area contributed by atoms with Crippen molar-refractivity contribution in [2.75, 3.05) is 4.43 Å². The van der Waals surface area contributed by atoms with Gasteiger partial charge < -0.3 is 0 Å². The third-order valence-corrected chi connectivity index (χ3v) is 10.1. The molecule has 0 aromatic heterocycles. The maximum atomic E-state index is 11.6. The molecule has 0 aromatic rings. The van der Waals surface area contributed by atoms with Gasteiger partial charge in [0.2, 0.25) is 0 Å². The first-order chi connectivity index (χ1) is 7.23. The molecule has 5 fully saturated rings. The molecule has 3 heteroatoms. The van der Waals surface area contributed by atoms with E-state index in [2.05, 4.69) is 0 Å². The summed E-state index contributed by atoms with van der Waals surface area (Å²) in [6, 6.07) is 0. The molecule has 5 aliphatic rings. The molecule has 2 spiro atoms. The van der Waals surface area contributed by atoms with E-state index in [1.54, 1.807) is 0 Å². The van der Waals surface area contributed by atoms with E-state index < -0.39 is 5.97 Å². The van der Waals surface area contributed by atoms with Crippen molar-refractivity contribution in [2.24, 2.45) is 16.2 Å². The predicted molar refractivity (Wildman–Crippen MR) is 49.1 cm³/mol. The molecule has 1 aliphatic heterocycles. The molecule has 3 unspecified atom stereocenters. The molecule has 1 heterocycles. The van der Waals surface area contributed by atoms with E-state index >= 15 is 0 Å². The Kier molecular flexibility index (Phi) is 0.975. The molecule has 80 valence electrons. The third-order valence-electron chi connectivity index (χ3n) is 5.70. The topological polar surface area (TPSA) is 37.3 Å². The van der Waals surface area contributed by atoms with Crippen LogP contribution in [0.15, 0.2) is 11.1 Å². The summed E-state index contributed by atoms with van der Waals surface area (Å²) in [6.45, 7) is 0. The van der Waals surface area contributed by atoms with Crippen LogP contribution in [0, 0.1) is 16.2 Å². The number of aliphatic carboxylic acids is 1. The fourth-order valence-electron chi connectivity index (χ4n) is 5.18. The van der Waals surface area contributed by atoms with Crippen molar-refractivity contribution < 1.29 is 31.1 Å². The standard InChI is InChI=1S/C12H12IO2/c14-9(15)12-8(6-1-2-6)10(12)4-3-7-11(10,12)5-13-7/h7H,1-5H2,(H,14,15)/q-1/t7?,10?,11?,12-/m1/s1. The molecule has 15 heavy (non-hydrogen) atoms. The van der Waals surface area contributed by atoms with E-state index in [1.165, 1.54) is 41.3 Å². The molecule has 0 amide bonds. The normalized spacial score (nSPS) is 62.0. The summed E-state index contributed by atoms with van der Waals surface area (Å²) in [7, 11) is 0. The van der Waals surface area contributed by atoms with E-state index in [0.717, 1.165) is 3.92 Å². The molecule has 5 rings (SSSR count). The molecular weight excluding hydrogens is 303 g/mol. The van der Waals surface area contributed by atoms with Gasteiger partial charge in [0.1, 0.15) is 0 Å². The average Bonchev–Trinajstić information content (AvgIpc) is 2.94. The van der Waals surface area contributed by atoms with E-state index in [0.29, 0.717) is 26.6 Å². The SMILES string of the molecule is O=C(O)[C@]12C(=C3CC3)C13CCC1[I-]CC132. The average molecular weight is 315 g/mol. The van der Waals surface area contributed by atoms with Gasteiger partial charge in [0, 0.05) is 0 Å². The van der Waals surface area contributed by atoms with Crippen LogP contribution in [0.3, 0.4) is 0 Å². The Morgan fingerprint density at radius 2 is 2.27 bits per heavy atom. The van der Waals surface area contributed by atoms with Crippen molar-refractivity contribution in [1.29, 1.82) is 0 Å². The van der Waals surface area contributed by atoms with E-state index in [-0.39, 0.29) is 10.8 Å². The van der Waals surface area contributed by atoms with Gasteiger partial charge in [-0.25, -0.2) is 0 Å². The number of carboxylic acid groups (broad SMARTS) is 1. The number of alkyl halides is 2. The molecule has 4 saturated carbocycles. The molecular formula is C12H12IO2-. The molecule has 2 nitrogen and oxygen atoms in total. The molecule has 0 aromatic carbocycles. The van der Waals surface area contributed by atoms with Crippen LogP contribution in [0.2, 0.25) is 0 Å². The zero-order chi connectivity index (χ0) is 10.1. The molecule has 4 atom stereocenters. The van der Waals surface area contributed by atoms with Gasteiger partial charge in [-0.05, 0) is 0 Å². The van der Waals surface area contributed by atoms with Gasteiger partial charge in [-0.3, -0.25) is 0 Å². The van der Waals surface area contributed by atoms with Crippen LogP contribution in [0.1, 0.15) is 25.7 Å². The molecule has 0 bridgehead atoms. The number of rotatable bonds is 1. The summed E-state index contributed by atoms with van der Waals surface area (Å²) in [6.07, 6.45) is 5.01. The van der Waals surface area contributed by atoms with Crippen LogP contribution < -0.4 is 21.2 Å². The van der Waals surface area contributed by atoms with Crippen LogP contribution in [-0.4, -0.2) is 19.4 Å². The Bertz CT molecular complexity index is 476. The number of carboxylic acids is 1. The first-order valence-electron chi connectivity index (χ1n) is 5.77. The second kappa shape index (κ2) is 1.81. The molecule has 1 N–H and O–H groups in total. The fourth-order valence-corrected chi connectivity index (χ4v) is 10.1. The number of carbonyl (C=O) groups is 1. The predicted octanol–water partition coefficient (Wildman–Crippen LogP) is -1.59. The van der Waals surface area contributed by atoms with Crippen molar-refractivity contribution >= 4 is 5.97 Å². The van der Waals surface area contributed by atoms with Crippen LogP contribution in [0.4, 0.5) is 0 Å². The van der Waals surface area contributed by atoms with E-state index in [4.69, 9.17) is 0 Å². The van der Waals surface area contributed by atoms with Gasteiger partial charge >= 0.3 is 98.5 Å².